The highest BCUT2D eigenvalue weighted by Gasteiger charge is 2.41. The van der Waals surface area contributed by atoms with Gasteiger partial charge in [0, 0.05) is 44.0 Å². The fraction of sp³-hybridized carbons (Fsp3) is 0.722. The van der Waals surface area contributed by atoms with Crippen LogP contribution in [0.5, 0.6) is 0 Å². The van der Waals surface area contributed by atoms with Crippen LogP contribution in [-0.2, 0) is 16.0 Å². The number of piperazine rings is 1. The van der Waals surface area contributed by atoms with Gasteiger partial charge in [0.05, 0.1) is 13.2 Å². The van der Waals surface area contributed by atoms with E-state index in [0.717, 1.165) is 62.9 Å². The molecule has 1 amide bonds. The Hall–Kier alpha value is -1.89. The van der Waals surface area contributed by atoms with Crippen LogP contribution in [0.1, 0.15) is 32.4 Å². The Balaban J connectivity index is 1.65. The second kappa shape index (κ2) is 6.78. The molecule has 0 aliphatic carbocycles. The van der Waals surface area contributed by atoms with Crippen LogP contribution in [0.3, 0.4) is 0 Å². The smallest absolute Gasteiger partial charge is 0.245 e. The van der Waals surface area contributed by atoms with Gasteiger partial charge < -0.3 is 19.4 Å². The zero-order chi connectivity index (χ0) is 17.4. The number of carbonyl (C=O) groups excluding carboxylic acids is 1. The van der Waals surface area contributed by atoms with Crippen molar-refractivity contribution >= 4 is 17.7 Å². The highest BCUT2D eigenvalue weighted by molar-refractivity contribution is 5.86. The third kappa shape index (κ3) is 3.05. The van der Waals surface area contributed by atoms with Crippen LogP contribution in [0.2, 0.25) is 0 Å². The molecule has 0 saturated carbocycles. The van der Waals surface area contributed by atoms with Crippen LogP contribution in [-0.4, -0.2) is 72.3 Å². The van der Waals surface area contributed by atoms with Crippen LogP contribution in [0.15, 0.2) is 6.07 Å². The van der Waals surface area contributed by atoms with Gasteiger partial charge in [-0.3, -0.25) is 4.79 Å². The molecule has 7 nitrogen and oxygen atoms in total. The van der Waals surface area contributed by atoms with Gasteiger partial charge in [-0.05, 0) is 26.2 Å². The molecule has 0 radical (unpaired) electrons. The Labute approximate surface area is 149 Å². The molecule has 7 heteroatoms. The predicted octanol–water partition coefficient (Wildman–Crippen LogP) is 1.08. The summed E-state index contributed by atoms with van der Waals surface area (Å²) in [5, 5.41) is 0. The van der Waals surface area contributed by atoms with Crippen LogP contribution in [0, 0.1) is 0 Å². The first-order valence-electron chi connectivity index (χ1n) is 9.45. The van der Waals surface area contributed by atoms with Crippen molar-refractivity contribution in [3.63, 3.8) is 0 Å². The molecule has 4 rings (SSSR count). The van der Waals surface area contributed by atoms with Gasteiger partial charge in [-0.25, -0.2) is 4.98 Å². The first-order valence-corrected chi connectivity index (χ1v) is 9.45. The van der Waals surface area contributed by atoms with E-state index < -0.39 is 0 Å². The number of aryl methyl sites for hydroxylation is 1. The van der Waals surface area contributed by atoms with Gasteiger partial charge in [-0.1, -0.05) is 6.92 Å². The van der Waals surface area contributed by atoms with E-state index in [4.69, 9.17) is 14.7 Å². The van der Waals surface area contributed by atoms with Crippen molar-refractivity contribution in [2.24, 2.45) is 0 Å². The standard InChI is InChI=1S/C18H27N5O2/c1-3-14-11-16(20-18(19-14)21-7-9-25-10-8-21)23-12-15-5-4-6-22(15)17(24)13(23)2/h11,13,15H,3-10,12H2,1-2H3/t13-,15+/m0/s1. The van der Waals surface area contributed by atoms with E-state index >= 15 is 0 Å². The number of amides is 1. The molecular weight excluding hydrogens is 318 g/mol. The number of nitrogens with zero attached hydrogens (tertiary/aromatic N) is 5. The Kier molecular flexibility index (Phi) is 4.50. The van der Waals surface area contributed by atoms with Gasteiger partial charge in [0.1, 0.15) is 11.9 Å². The van der Waals surface area contributed by atoms with Gasteiger partial charge in [-0.2, -0.15) is 4.98 Å². The minimum atomic E-state index is -0.161. The average molecular weight is 345 g/mol. The predicted molar refractivity (Wildman–Crippen MR) is 96.0 cm³/mol. The summed E-state index contributed by atoms with van der Waals surface area (Å²) < 4.78 is 5.44. The highest BCUT2D eigenvalue weighted by Crippen LogP contribution is 2.30. The third-order valence-corrected chi connectivity index (χ3v) is 5.60. The lowest BCUT2D eigenvalue weighted by Crippen LogP contribution is -2.59. The number of ether oxygens (including phenoxy) is 1. The normalized spacial score (nSPS) is 27.0. The second-order valence-electron chi connectivity index (χ2n) is 7.13. The molecule has 3 aliphatic heterocycles. The summed E-state index contributed by atoms with van der Waals surface area (Å²) in [5.74, 6) is 1.89. The minimum Gasteiger partial charge on any atom is -0.378 e. The number of fused-ring (bicyclic) bond motifs is 1. The molecule has 3 saturated heterocycles. The fourth-order valence-electron chi connectivity index (χ4n) is 4.07. The van der Waals surface area contributed by atoms with Crippen LogP contribution >= 0.6 is 0 Å². The van der Waals surface area contributed by atoms with Crippen molar-refractivity contribution in [2.75, 3.05) is 49.2 Å². The molecule has 3 fully saturated rings. The summed E-state index contributed by atoms with van der Waals surface area (Å²) >= 11 is 0. The summed E-state index contributed by atoms with van der Waals surface area (Å²) in [5.41, 5.74) is 1.03. The first-order chi connectivity index (χ1) is 12.2. The maximum absolute atomic E-state index is 12.7. The van der Waals surface area contributed by atoms with Crippen molar-refractivity contribution in [1.29, 1.82) is 0 Å². The van der Waals surface area contributed by atoms with E-state index in [9.17, 15) is 4.79 Å². The van der Waals surface area contributed by atoms with E-state index in [1.807, 2.05) is 6.92 Å². The van der Waals surface area contributed by atoms with Crippen molar-refractivity contribution in [3.05, 3.63) is 11.8 Å². The molecule has 2 atom stereocenters. The van der Waals surface area contributed by atoms with Crippen LogP contribution < -0.4 is 9.80 Å². The molecule has 136 valence electrons. The summed E-state index contributed by atoms with van der Waals surface area (Å²) in [4.78, 5) is 28.7. The number of aromatic nitrogens is 2. The number of hydrogen-bond donors (Lipinski definition) is 0. The molecule has 1 aromatic heterocycles. The molecule has 25 heavy (non-hydrogen) atoms. The van der Waals surface area contributed by atoms with Crippen molar-refractivity contribution in [1.82, 2.24) is 14.9 Å². The average Bonchev–Trinajstić information content (AvgIpc) is 3.13. The highest BCUT2D eigenvalue weighted by atomic mass is 16.5. The van der Waals surface area contributed by atoms with Gasteiger partial charge in [0.25, 0.3) is 0 Å². The Morgan fingerprint density at radius 3 is 2.76 bits per heavy atom. The monoisotopic (exact) mass is 345 g/mol. The number of anilines is 2. The zero-order valence-electron chi connectivity index (χ0n) is 15.1. The Bertz CT molecular complexity index is 646. The lowest BCUT2D eigenvalue weighted by Gasteiger charge is -2.42. The van der Waals surface area contributed by atoms with Crippen LogP contribution in [0.4, 0.5) is 11.8 Å². The molecule has 1 aromatic rings. The van der Waals surface area contributed by atoms with Crippen molar-refractivity contribution < 1.29 is 9.53 Å². The molecule has 0 spiro atoms. The largest absolute Gasteiger partial charge is 0.378 e. The molecule has 4 heterocycles. The maximum Gasteiger partial charge on any atom is 0.245 e. The molecule has 0 aromatic carbocycles. The van der Waals surface area contributed by atoms with E-state index in [1.54, 1.807) is 0 Å². The number of hydrogen-bond acceptors (Lipinski definition) is 6. The summed E-state index contributed by atoms with van der Waals surface area (Å²) in [7, 11) is 0. The Morgan fingerprint density at radius 1 is 1.20 bits per heavy atom. The lowest BCUT2D eigenvalue weighted by molar-refractivity contribution is -0.134. The molecule has 3 aliphatic rings. The van der Waals surface area contributed by atoms with E-state index in [0.29, 0.717) is 19.3 Å². The first kappa shape index (κ1) is 16.6. The summed E-state index contributed by atoms with van der Waals surface area (Å²) in [6.45, 7) is 8.95. The minimum absolute atomic E-state index is 0.161. The molecule has 0 bridgehead atoms. The third-order valence-electron chi connectivity index (χ3n) is 5.60. The summed E-state index contributed by atoms with van der Waals surface area (Å²) in [6, 6.07) is 2.22. The van der Waals surface area contributed by atoms with E-state index in [-0.39, 0.29) is 11.9 Å². The van der Waals surface area contributed by atoms with E-state index in [2.05, 4.69) is 27.7 Å². The molecule has 0 N–H and O–H groups in total. The van der Waals surface area contributed by atoms with Gasteiger partial charge in [-0.15, -0.1) is 0 Å². The number of morpholine rings is 1. The topological polar surface area (TPSA) is 61.8 Å². The fourth-order valence-corrected chi connectivity index (χ4v) is 4.07. The molecular formula is C18H27N5O2. The number of carbonyl (C=O) groups is 1. The zero-order valence-corrected chi connectivity index (χ0v) is 15.1. The lowest BCUT2D eigenvalue weighted by atomic mass is 10.1. The Morgan fingerprint density at radius 2 is 2.00 bits per heavy atom. The SMILES string of the molecule is CCc1cc(N2C[C@H]3CCCN3C(=O)[C@@H]2C)nc(N2CCOCC2)n1. The van der Waals surface area contributed by atoms with Crippen molar-refractivity contribution in [2.45, 2.75) is 45.2 Å². The van der Waals surface area contributed by atoms with Gasteiger partial charge >= 0.3 is 0 Å². The maximum atomic E-state index is 12.7. The van der Waals surface area contributed by atoms with Gasteiger partial charge in [0.15, 0.2) is 0 Å². The number of rotatable bonds is 3. The summed E-state index contributed by atoms with van der Waals surface area (Å²) in [6.07, 6.45) is 3.07. The second-order valence-corrected chi connectivity index (χ2v) is 7.13. The van der Waals surface area contributed by atoms with Crippen molar-refractivity contribution in [3.8, 4) is 0 Å². The molecule has 0 unspecified atom stereocenters. The van der Waals surface area contributed by atoms with E-state index in [1.165, 1.54) is 0 Å². The van der Waals surface area contributed by atoms with Crippen LogP contribution in [0.25, 0.3) is 0 Å². The van der Waals surface area contributed by atoms with Gasteiger partial charge in [0.2, 0.25) is 11.9 Å². The quantitative estimate of drug-likeness (QED) is 0.817.